The Morgan fingerprint density at radius 1 is 1.24 bits per heavy atom. The quantitative estimate of drug-likeness (QED) is 0.579. The predicted molar refractivity (Wildman–Crippen MR) is 83.5 cm³/mol. The van der Waals surface area contributed by atoms with Crippen LogP contribution >= 0.6 is 0 Å². The van der Waals surface area contributed by atoms with Gasteiger partial charge in [-0.2, -0.15) is 0 Å². The molecule has 0 fully saturated rings. The minimum atomic E-state index is -0.604. The van der Waals surface area contributed by atoms with E-state index in [4.69, 9.17) is 9.47 Å². The van der Waals surface area contributed by atoms with Crippen LogP contribution < -0.4 is 10.1 Å². The molecule has 0 aliphatic heterocycles. The maximum atomic E-state index is 9.73. The Morgan fingerprint density at radius 2 is 2.10 bits per heavy atom. The molecule has 1 aromatic rings. The van der Waals surface area contributed by atoms with Crippen LogP contribution in [-0.2, 0) is 11.3 Å². The maximum absolute atomic E-state index is 9.73. The third-order valence-electron chi connectivity index (χ3n) is 2.93. The van der Waals surface area contributed by atoms with Gasteiger partial charge < -0.3 is 19.9 Å². The average molecular weight is 296 g/mol. The molecule has 0 radical (unpaired) electrons. The summed E-state index contributed by atoms with van der Waals surface area (Å²) in [4.78, 5) is 4.31. The molecular formula is C16H28N2O3. The number of aromatic nitrogens is 1. The van der Waals surface area contributed by atoms with Crippen molar-refractivity contribution >= 4 is 0 Å². The third-order valence-corrected chi connectivity index (χ3v) is 2.93. The summed E-state index contributed by atoms with van der Waals surface area (Å²) in [5.41, 5.74) is 0.985. The van der Waals surface area contributed by atoms with Crippen molar-refractivity contribution < 1.29 is 14.6 Å². The Labute approximate surface area is 127 Å². The highest BCUT2D eigenvalue weighted by molar-refractivity contribution is 5.19. The molecule has 0 bridgehead atoms. The van der Waals surface area contributed by atoms with E-state index in [0.717, 1.165) is 38.0 Å². The van der Waals surface area contributed by atoms with Crippen LogP contribution in [0.25, 0.3) is 0 Å². The fourth-order valence-corrected chi connectivity index (χ4v) is 1.70. The number of aliphatic hydroxyl groups excluding tert-OH is 1. The van der Waals surface area contributed by atoms with Gasteiger partial charge in [-0.1, -0.05) is 20.3 Å². The summed E-state index contributed by atoms with van der Waals surface area (Å²) in [5, 5.41) is 13.0. The van der Waals surface area contributed by atoms with Crippen molar-refractivity contribution in [1.82, 2.24) is 10.3 Å². The minimum absolute atomic E-state index is 0.223. The normalized spacial score (nSPS) is 12.3. The van der Waals surface area contributed by atoms with Gasteiger partial charge in [0.15, 0.2) is 0 Å². The summed E-state index contributed by atoms with van der Waals surface area (Å²) in [6.07, 6.45) is 4.31. The van der Waals surface area contributed by atoms with E-state index in [2.05, 4.69) is 24.1 Å². The van der Waals surface area contributed by atoms with Crippen LogP contribution in [-0.4, -0.2) is 42.6 Å². The van der Waals surface area contributed by atoms with Gasteiger partial charge in [-0.15, -0.1) is 0 Å². The van der Waals surface area contributed by atoms with Crippen molar-refractivity contribution in [2.75, 3.05) is 26.4 Å². The van der Waals surface area contributed by atoms with Crippen LogP contribution in [0, 0.1) is 0 Å². The molecule has 0 spiro atoms. The number of pyridine rings is 1. The van der Waals surface area contributed by atoms with Crippen molar-refractivity contribution in [3.63, 3.8) is 0 Å². The summed E-state index contributed by atoms with van der Waals surface area (Å²) >= 11 is 0. The molecular weight excluding hydrogens is 268 g/mol. The number of nitrogens with one attached hydrogen (secondary N) is 1. The van der Waals surface area contributed by atoms with Crippen molar-refractivity contribution in [3.05, 3.63) is 24.0 Å². The Kier molecular flexibility index (Phi) is 9.78. The van der Waals surface area contributed by atoms with Gasteiger partial charge in [0.2, 0.25) is 0 Å². The second kappa shape index (κ2) is 11.5. The average Bonchev–Trinajstić information content (AvgIpc) is 2.51. The number of ether oxygens (including phenoxy) is 2. The van der Waals surface area contributed by atoms with E-state index >= 15 is 0 Å². The van der Waals surface area contributed by atoms with Gasteiger partial charge in [0.25, 0.3) is 0 Å². The van der Waals surface area contributed by atoms with Crippen LogP contribution in [0.5, 0.6) is 5.75 Å². The van der Waals surface area contributed by atoms with Gasteiger partial charge >= 0.3 is 0 Å². The summed E-state index contributed by atoms with van der Waals surface area (Å²) in [7, 11) is 0. The van der Waals surface area contributed by atoms with Crippen LogP contribution in [0.1, 0.15) is 38.8 Å². The summed E-state index contributed by atoms with van der Waals surface area (Å²) in [5.74, 6) is 0.668. The molecule has 0 aliphatic carbocycles. The summed E-state index contributed by atoms with van der Waals surface area (Å²) < 4.78 is 10.8. The SMILES string of the molecule is CCCCOCC(O)COc1ccc(CNCCC)nc1. The Hall–Kier alpha value is -1.17. The van der Waals surface area contributed by atoms with E-state index in [-0.39, 0.29) is 6.61 Å². The molecule has 1 heterocycles. The fourth-order valence-electron chi connectivity index (χ4n) is 1.70. The number of unbranched alkanes of at least 4 members (excludes halogenated alkanes) is 1. The van der Waals surface area contributed by atoms with Gasteiger partial charge in [0, 0.05) is 13.2 Å². The topological polar surface area (TPSA) is 63.6 Å². The first-order valence-electron chi connectivity index (χ1n) is 7.80. The second-order valence-electron chi connectivity index (χ2n) is 5.06. The standard InChI is InChI=1S/C16H28N2O3/c1-3-5-9-20-12-15(19)13-21-16-7-6-14(18-11-16)10-17-8-4-2/h6-7,11,15,17,19H,3-5,8-10,12-13H2,1-2H3. The number of hydrogen-bond acceptors (Lipinski definition) is 5. The zero-order valence-corrected chi connectivity index (χ0v) is 13.2. The molecule has 0 amide bonds. The van der Waals surface area contributed by atoms with Crippen LogP contribution in [0.3, 0.4) is 0 Å². The van der Waals surface area contributed by atoms with E-state index in [0.29, 0.717) is 19.0 Å². The molecule has 2 N–H and O–H groups in total. The van der Waals surface area contributed by atoms with Crippen LogP contribution in [0.4, 0.5) is 0 Å². The van der Waals surface area contributed by atoms with Crippen LogP contribution in [0.2, 0.25) is 0 Å². The number of rotatable bonds is 12. The Morgan fingerprint density at radius 3 is 2.76 bits per heavy atom. The lowest BCUT2D eigenvalue weighted by Crippen LogP contribution is -2.23. The number of hydrogen-bond donors (Lipinski definition) is 2. The molecule has 1 unspecified atom stereocenters. The van der Waals surface area contributed by atoms with Gasteiger partial charge in [0.05, 0.1) is 18.5 Å². The van der Waals surface area contributed by atoms with Crippen molar-refractivity contribution in [1.29, 1.82) is 0 Å². The lowest BCUT2D eigenvalue weighted by atomic mass is 10.3. The molecule has 21 heavy (non-hydrogen) atoms. The van der Waals surface area contributed by atoms with Crippen molar-refractivity contribution in [3.8, 4) is 5.75 Å². The second-order valence-corrected chi connectivity index (χ2v) is 5.06. The Balaban J connectivity index is 2.19. The third kappa shape index (κ3) is 8.65. The monoisotopic (exact) mass is 296 g/mol. The van der Waals surface area contributed by atoms with E-state index < -0.39 is 6.10 Å². The molecule has 0 saturated carbocycles. The van der Waals surface area contributed by atoms with Crippen LogP contribution in [0.15, 0.2) is 18.3 Å². The van der Waals surface area contributed by atoms with E-state index in [1.807, 2.05) is 12.1 Å². The first-order valence-corrected chi connectivity index (χ1v) is 7.80. The van der Waals surface area contributed by atoms with Gasteiger partial charge in [-0.25, -0.2) is 0 Å². The molecule has 5 heteroatoms. The zero-order valence-electron chi connectivity index (χ0n) is 13.2. The molecule has 0 aromatic carbocycles. The highest BCUT2D eigenvalue weighted by Gasteiger charge is 2.05. The molecule has 1 atom stereocenters. The van der Waals surface area contributed by atoms with Gasteiger partial charge in [-0.3, -0.25) is 4.98 Å². The fraction of sp³-hybridized carbons (Fsp3) is 0.688. The van der Waals surface area contributed by atoms with E-state index in [1.54, 1.807) is 6.20 Å². The zero-order chi connectivity index (χ0) is 15.3. The lowest BCUT2D eigenvalue weighted by Gasteiger charge is -2.12. The van der Waals surface area contributed by atoms with Gasteiger partial charge in [0.1, 0.15) is 18.5 Å². The predicted octanol–water partition coefficient (Wildman–Crippen LogP) is 2.14. The smallest absolute Gasteiger partial charge is 0.137 e. The Bertz CT molecular complexity index is 357. The van der Waals surface area contributed by atoms with E-state index in [9.17, 15) is 5.11 Å². The number of nitrogens with zero attached hydrogens (tertiary/aromatic N) is 1. The molecule has 1 aromatic heterocycles. The first kappa shape index (κ1) is 17.9. The molecule has 1 rings (SSSR count). The van der Waals surface area contributed by atoms with Crippen molar-refractivity contribution in [2.24, 2.45) is 0 Å². The molecule has 120 valence electrons. The summed E-state index contributed by atoms with van der Waals surface area (Å²) in [6.45, 7) is 7.22. The minimum Gasteiger partial charge on any atom is -0.489 e. The maximum Gasteiger partial charge on any atom is 0.137 e. The van der Waals surface area contributed by atoms with Gasteiger partial charge in [-0.05, 0) is 31.5 Å². The highest BCUT2D eigenvalue weighted by atomic mass is 16.5. The molecule has 5 nitrogen and oxygen atoms in total. The molecule has 0 saturated heterocycles. The van der Waals surface area contributed by atoms with E-state index in [1.165, 1.54) is 0 Å². The highest BCUT2D eigenvalue weighted by Crippen LogP contribution is 2.09. The first-order chi connectivity index (χ1) is 10.3. The lowest BCUT2D eigenvalue weighted by molar-refractivity contribution is 0.0112. The largest absolute Gasteiger partial charge is 0.489 e. The summed E-state index contributed by atoms with van der Waals surface area (Å²) in [6, 6.07) is 3.81. The molecule has 0 aliphatic rings. The van der Waals surface area contributed by atoms with Crippen molar-refractivity contribution in [2.45, 2.75) is 45.8 Å². The number of aliphatic hydroxyl groups is 1.